The molecule has 0 rings (SSSR count). The minimum Gasteiger partial charge on any atom is -0.387 e. The fourth-order valence-corrected chi connectivity index (χ4v) is 9.75. The highest BCUT2D eigenvalue weighted by Crippen LogP contribution is 2.43. The average molecular weight is 1150 g/mol. The first-order valence-corrected chi connectivity index (χ1v) is 34.6. The van der Waals surface area contributed by atoms with Crippen LogP contribution in [0.1, 0.15) is 264 Å². The molecule has 0 bridgehead atoms. The number of aliphatic hydroxyl groups excluding tert-OH is 1. The summed E-state index contributed by atoms with van der Waals surface area (Å²) in [5.41, 5.74) is 0. The van der Waals surface area contributed by atoms with Gasteiger partial charge in [0.25, 0.3) is 0 Å². The Balaban J connectivity index is 4.21. The van der Waals surface area contributed by atoms with E-state index in [0.29, 0.717) is 17.4 Å². The van der Waals surface area contributed by atoms with Gasteiger partial charge in [-0.2, -0.15) is 0 Å². The van der Waals surface area contributed by atoms with E-state index in [0.717, 1.165) is 122 Å². The Morgan fingerprint density at radius 2 is 0.741 bits per heavy atom. The summed E-state index contributed by atoms with van der Waals surface area (Å²) in [6, 6.07) is -0.866. The molecule has 0 spiro atoms. The molecule has 81 heavy (non-hydrogen) atoms. The number of nitrogens with one attached hydrogen (secondary N) is 1. The SMILES string of the molecule is CC/C=C\C/C=C\C/C=C\C/C=C\C/C=C\C/C=C\C/C=C\C/C=C\C/C=C\C/C=C\CCCCCCCCC(=O)NC(COP(=O)(O)OCC[N+](C)(C)C)C(O)/C=C/CCCCCCCCCCCCCCCCCCCCCC. The molecule has 3 N–H and O–H groups in total. The molecule has 0 radical (unpaired) electrons. The minimum atomic E-state index is -4.37. The van der Waals surface area contributed by atoms with Gasteiger partial charge in [-0.25, -0.2) is 4.57 Å². The number of carbonyl (C=O) groups is 1. The smallest absolute Gasteiger partial charge is 0.387 e. The number of carbonyl (C=O) groups excluding carboxylic acids is 1. The molecular formula is C72H126N2O6P+. The van der Waals surface area contributed by atoms with E-state index in [1.54, 1.807) is 6.08 Å². The zero-order valence-electron chi connectivity index (χ0n) is 53.0. The van der Waals surface area contributed by atoms with Crippen LogP contribution < -0.4 is 5.32 Å². The van der Waals surface area contributed by atoms with Crippen molar-refractivity contribution >= 4 is 13.7 Å². The molecule has 0 aliphatic rings. The van der Waals surface area contributed by atoms with Gasteiger partial charge >= 0.3 is 7.82 Å². The number of quaternary nitrogens is 1. The maximum atomic E-state index is 13.0. The lowest BCUT2D eigenvalue weighted by atomic mass is 10.0. The maximum Gasteiger partial charge on any atom is 0.472 e. The van der Waals surface area contributed by atoms with E-state index < -0.39 is 20.0 Å². The fourth-order valence-electron chi connectivity index (χ4n) is 9.01. The van der Waals surface area contributed by atoms with Crippen molar-refractivity contribution < 1.29 is 32.9 Å². The molecule has 0 heterocycles. The van der Waals surface area contributed by atoms with Crippen LogP contribution in [0.4, 0.5) is 0 Å². The van der Waals surface area contributed by atoms with Crippen molar-refractivity contribution in [3.63, 3.8) is 0 Å². The molecule has 9 heteroatoms. The molecular weight excluding hydrogens is 1020 g/mol. The third-order valence-electron chi connectivity index (χ3n) is 14.1. The van der Waals surface area contributed by atoms with Gasteiger partial charge in [-0.3, -0.25) is 13.8 Å². The Hall–Kier alpha value is -3.36. The van der Waals surface area contributed by atoms with Crippen molar-refractivity contribution in [2.75, 3.05) is 40.9 Å². The van der Waals surface area contributed by atoms with E-state index in [1.807, 2.05) is 27.2 Å². The lowest BCUT2D eigenvalue weighted by molar-refractivity contribution is -0.870. The highest BCUT2D eigenvalue weighted by Gasteiger charge is 2.27. The minimum absolute atomic E-state index is 0.0519. The molecule has 0 saturated carbocycles. The van der Waals surface area contributed by atoms with Gasteiger partial charge in [0.1, 0.15) is 13.2 Å². The summed E-state index contributed by atoms with van der Waals surface area (Å²) < 4.78 is 23.8. The van der Waals surface area contributed by atoms with Crippen LogP contribution in [0.3, 0.4) is 0 Å². The summed E-state index contributed by atoms with van der Waals surface area (Å²) in [5.74, 6) is -0.195. The number of phosphoric ester groups is 1. The number of amides is 1. The summed E-state index contributed by atoms with van der Waals surface area (Å²) in [7, 11) is 1.55. The van der Waals surface area contributed by atoms with Crippen molar-refractivity contribution in [3.05, 3.63) is 134 Å². The van der Waals surface area contributed by atoms with Crippen LogP contribution in [0.5, 0.6) is 0 Å². The van der Waals surface area contributed by atoms with Crippen LogP contribution in [0.2, 0.25) is 0 Å². The van der Waals surface area contributed by atoms with Crippen molar-refractivity contribution in [1.29, 1.82) is 0 Å². The van der Waals surface area contributed by atoms with Gasteiger partial charge in [0.2, 0.25) is 5.91 Å². The zero-order valence-corrected chi connectivity index (χ0v) is 53.9. The molecule has 0 aliphatic carbocycles. The second kappa shape index (κ2) is 61.2. The second-order valence-corrected chi connectivity index (χ2v) is 24.6. The van der Waals surface area contributed by atoms with Gasteiger partial charge < -0.3 is 19.8 Å². The van der Waals surface area contributed by atoms with Crippen molar-refractivity contribution in [1.82, 2.24) is 5.32 Å². The van der Waals surface area contributed by atoms with E-state index in [1.165, 1.54) is 122 Å². The maximum absolute atomic E-state index is 13.0. The summed E-state index contributed by atoms with van der Waals surface area (Å²) in [4.78, 5) is 23.4. The lowest BCUT2D eigenvalue weighted by Gasteiger charge is -2.25. The number of hydrogen-bond donors (Lipinski definition) is 3. The molecule has 464 valence electrons. The average Bonchev–Trinajstić information content (AvgIpc) is 3.43. The number of unbranched alkanes of at least 4 members (excludes halogenated alkanes) is 26. The zero-order chi connectivity index (χ0) is 59.1. The molecule has 1 amide bonds. The van der Waals surface area contributed by atoms with Crippen molar-refractivity contribution in [2.45, 2.75) is 276 Å². The molecule has 0 aromatic heterocycles. The summed E-state index contributed by atoms with van der Waals surface area (Å²) in [6.45, 7) is 4.70. The number of allylic oxidation sites excluding steroid dienone is 21. The van der Waals surface area contributed by atoms with Gasteiger partial charge in [-0.1, -0.05) is 295 Å². The molecule has 3 unspecified atom stereocenters. The van der Waals surface area contributed by atoms with Gasteiger partial charge in [0, 0.05) is 6.42 Å². The lowest BCUT2D eigenvalue weighted by Crippen LogP contribution is -2.45. The normalized spacial score (nSPS) is 14.6. The molecule has 3 atom stereocenters. The van der Waals surface area contributed by atoms with Crippen LogP contribution >= 0.6 is 7.82 Å². The Morgan fingerprint density at radius 3 is 1.09 bits per heavy atom. The standard InChI is InChI=1S/C72H125N2O6P/c1-6-8-10-12-14-16-18-20-22-24-26-28-30-31-32-33-34-35-36-37-38-39-40-41-42-43-44-46-48-50-52-54-56-58-60-62-64-66-72(76)73-70(69-80-81(77,78)79-68-67-74(3,4)5)71(75)65-63-61-59-57-55-53-51-49-47-45-29-27-25-23-21-19-17-15-13-11-9-7-2/h8,10,14,16,20,22,26,28,31-32,34-35,37-38,40-41,43-44,48,50,63,65,70-71,75H,6-7,9,11-13,15,17-19,21,23-25,27,29-30,33,36,39,42,45-47,49,51-62,64,66-69H2,1-5H3,(H-,73,76,77,78)/p+1/b10-8-,16-14-,22-20-,28-26-,32-31-,35-34-,38-37-,41-40-,44-43-,50-48-,65-63+. The Bertz CT molecular complexity index is 1780. The molecule has 0 aromatic rings. The van der Waals surface area contributed by atoms with Crippen LogP contribution in [0, 0.1) is 0 Å². The third-order valence-corrected chi connectivity index (χ3v) is 15.1. The summed E-state index contributed by atoms with van der Waals surface area (Å²) in [6.07, 6.45) is 92.8. The second-order valence-electron chi connectivity index (χ2n) is 23.1. The molecule has 8 nitrogen and oxygen atoms in total. The number of rotatable bonds is 59. The van der Waals surface area contributed by atoms with Gasteiger partial charge in [0.05, 0.1) is 39.9 Å². The Morgan fingerprint density at radius 1 is 0.432 bits per heavy atom. The van der Waals surface area contributed by atoms with Crippen LogP contribution in [0.15, 0.2) is 134 Å². The van der Waals surface area contributed by atoms with Crippen LogP contribution in [-0.4, -0.2) is 73.4 Å². The number of nitrogens with zero attached hydrogens (tertiary/aromatic N) is 1. The fraction of sp³-hybridized carbons (Fsp3) is 0.681. The Kier molecular flexibility index (Phi) is 58.7. The highest BCUT2D eigenvalue weighted by molar-refractivity contribution is 7.47. The van der Waals surface area contributed by atoms with Crippen molar-refractivity contribution in [2.24, 2.45) is 0 Å². The third kappa shape index (κ3) is 64.1. The first kappa shape index (κ1) is 77.6. The van der Waals surface area contributed by atoms with E-state index in [4.69, 9.17) is 9.05 Å². The number of aliphatic hydroxyl groups is 1. The van der Waals surface area contributed by atoms with E-state index in [9.17, 15) is 19.4 Å². The first-order valence-electron chi connectivity index (χ1n) is 33.1. The number of phosphoric acid groups is 1. The van der Waals surface area contributed by atoms with Gasteiger partial charge in [-0.05, 0) is 96.3 Å². The van der Waals surface area contributed by atoms with E-state index in [-0.39, 0.29) is 19.1 Å². The number of likely N-dealkylation sites (N-methyl/N-ethyl adjacent to an activating group) is 1. The predicted octanol–water partition coefficient (Wildman–Crippen LogP) is 21.0. The Labute approximate surface area is 500 Å². The topological polar surface area (TPSA) is 105 Å². The van der Waals surface area contributed by atoms with E-state index >= 15 is 0 Å². The molecule has 0 aromatic carbocycles. The summed E-state index contributed by atoms with van der Waals surface area (Å²) in [5, 5.41) is 14.0. The van der Waals surface area contributed by atoms with Crippen LogP contribution in [0.25, 0.3) is 0 Å². The first-order chi connectivity index (χ1) is 39.5. The number of hydrogen-bond acceptors (Lipinski definition) is 5. The van der Waals surface area contributed by atoms with Crippen LogP contribution in [-0.2, 0) is 18.4 Å². The summed E-state index contributed by atoms with van der Waals surface area (Å²) >= 11 is 0. The monoisotopic (exact) mass is 1150 g/mol. The molecule has 0 aliphatic heterocycles. The van der Waals surface area contributed by atoms with E-state index in [2.05, 4.69) is 141 Å². The van der Waals surface area contributed by atoms with Gasteiger partial charge in [0.15, 0.2) is 0 Å². The largest absolute Gasteiger partial charge is 0.472 e. The van der Waals surface area contributed by atoms with Crippen molar-refractivity contribution in [3.8, 4) is 0 Å². The molecule has 0 fully saturated rings. The van der Waals surface area contributed by atoms with Gasteiger partial charge in [-0.15, -0.1) is 0 Å². The quantitative estimate of drug-likeness (QED) is 0.0243. The predicted molar refractivity (Wildman–Crippen MR) is 355 cm³/mol. The highest BCUT2D eigenvalue weighted by atomic mass is 31.2. The molecule has 0 saturated heterocycles.